The lowest BCUT2D eigenvalue weighted by Crippen LogP contribution is -2.18. The van der Waals surface area contributed by atoms with E-state index < -0.39 is 5.97 Å². The van der Waals surface area contributed by atoms with Crippen molar-refractivity contribution in [3.8, 4) is 0 Å². The predicted octanol–water partition coefficient (Wildman–Crippen LogP) is 3.11. The Bertz CT molecular complexity index is 612. The molecule has 2 aliphatic rings. The number of hydrogen-bond acceptors (Lipinski definition) is 4. The normalized spacial score (nSPS) is 20.6. The fourth-order valence-corrected chi connectivity index (χ4v) is 3.22. The maximum absolute atomic E-state index is 12.5. The van der Waals surface area contributed by atoms with Crippen LogP contribution in [0.2, 0.25) is 0 Å². The van der Waals surface area contributed by atoms with Gasteiger partial charge in [0.1, 0.15) is 5.69 Å². The topological polar surface area (TPSA) is 56.3 Å². The molecule has 4 heteroatoms. The molecule has 0 amide bonds. The standard InChI is InChI=1S/C17H19NO3/c1-21-17(20)15-9-7-13-14(18-15)8-6-12(16(13)19)10-11-4-2-3-5-11/h7,9-11H,2-6,8H2,1H3/b12-10+. The molecule has 1 saturated carbocycles. The van der Waals surface area contributed by atoms with E-state index in [4.69, 9.17) is 0 Å². The van der Waals surface area contributed by atoms with Gasteiger partial charge >= 0.3 is 5.97 Å². The number of hydrogen-bond donors (Lipinski definition) is 0. The molecule has 1 aromatic rings. The fraction of sp³-hybridized carbons (Fsp3) is 0.471. The first-order valence-electron chi connectivity index (χ1n) is 7.52. The molecule has 0 aliphatic heterocycles. The Morgan fingerprint density at radius 1 is 1.29 bits per heavy atom. The van der Waals surface area contributed by atoms with Gasteiger partial charge in [0, 0.05) is 5.56 Å². The lowest BCUT2D eigenvalue weighted by Gasteiger charge is -2.18. The molecule has 1 heterocycles. The first kappa shape index (κ1) is 14.0. The Kier molecular flexibility index (Phi) is 3.86. The van der Waals surface area contributed by atoms with Gasteiger partial charge in [-0.15, -0.1) is 0 Å². The molecule has 0 bridgehead atoms. The number of fused-ring (bicyclic) bond motifs is 1. The molecule has 0 spiro atoms. The quantitative estimate of drug-likeness (QED) is 0.619. The highest BCUT2D eigenvalue weighted by Crippen LogP contribution is 2.31. The molecule has 1 aromatic heterocycles. The van der Waals surface area contributed by atoms with E-state index in [-0.39, 0.29) is 11.5 Å². The van der Waals surface area contributed by atoms with Crippen molar-refractivity contribution in [3.05, 3.63) is 40.7 Å². The summed E-state index contributed by atoms with van der Waals surface area (Å²) >= 11 is 0. The van der Waals surface area contributed by atoms with E-state index in [1.54, 1.807) is 12.1 Å². The summed E-state index contributed by atoms with van der Waals surface area (Å²) in [6.45, 7) is 0. The van der Waals surface area contributed by atoms with E-state index in [0.717, 1.165) is 12.0 Å². The molecule has 0 unspecified atom stereocenters. The van der Waals surface area contributed by atoms with Gasteiger partial charge in [-0.25, -0.2) is 9.78 Å². The number of nitrogens with zero attached hydrogens (tertiary/aromatic N) is 1. The lowest BCUT2D eigenvalue weighted by molar-refractivity contribution is 0.0593. The minimum absolute atomic E-state index is 0.0760. The lowest BCUT2D eigenvalue weighted by atomic mass is 9.87. The van der Waals surface area contributed by atoms with Gasteiger partial charge in [0.05, 0.1) is 12.8 Å². The van der Waals surface area contributed by atoms with Crippen LogP contribution in [0.4, 0.5) is 0 Å². The SMILES string of the molecule is COC(=O)c1ccc2c(n1)CC/C(=C\C1CCCC1)C2=O. The first-order chi connectivity index (χ1) is 10.2. The van der Waals surface area contributed by atoms with Gasteiger partial charge in [-0.3, -0.25) is 4.79 Å². The van der Waals surface area contributed by atoms with E-state index in [0.29, 0.717) is 23.6 Å². The van der Waals surface area contributed by atoms with Crippen molar-refractivity contribution in [2.24, 2.45) is 5.92 Å². The van der Waals surface area contributed by atoms with Gasteiger partial charge in [0.15, 0.2) is 5.78 Å². The molecule has 0 N–H and O–H groups in total. The third-order valence-corrected chi connectivity index (χ3v) is 4.37. The van der Waals surface area contributed by atoms with Crippen LogP contribution in [0.15, 0.2) is 23.8 Å². The van der Waals surface area contributed by atoms with Crippen LogP contribution in [0, 0.1) is 5.92 Å². The number of esters is 1. The molecule has 1 fully saturated rings. The van der Waals surface area contributed by atoms with Gasteiger partial charge in [-0.1, -0.05) is 18.9 Å². The molecule has 4 nitrogen and oxygen atoms in total. The van der Waals surface area contributed by atoms with E-state index in [1.165, 1.54) is 32.8 Å². The van der Waals surface area contributed by atoms with E-state index in [1.807, 2.05) is 0 Å². The Morgan fingerprint density at radius 3 is 2.76 bits per heavy atom. The average molecular weight is 285 g/mol. The Morgan fingerprint density at radius 2 is 2.05 bits per heavy atom. The van der Waals surface area contributed by atoms with Gasteiger partial charge < -0.3 is 4.74 Å². The fourth-order valence-electron chi connectivity index (χ4n) is 3.22. The van der Waals surface area contributed by atoms with E-state index in [2.05, 4.69) is 15.8 Å². The summed E-state index contributed by atoms with van der Waals surface area (Å²) < 4.78 is 4.67. The third kappa shape index (κ3) is 2.75. The zero-order chi connectivity index (χ0) is 14.8. The molecule has 0 saturated heterocycles. The van der Waals surface area contributed by atoms with E-state index >= 15 is 0 Å². The number of aryl methyl sites for hydroxylation is 1. The number of aromatic nitrogens is 1. The highest BCUT2D eigenvalue weighted by molar-refractivity contribution is 6.10. The summed E-state index contributed by atoms with van der Waals surface area (Å²) in [5.41, 5.74) is 2.54. The smallest absolute Gasteiger partial charge is 0.356 e. The third-order valence-electron chi connectivity index (χ3n) is 4.37. The number of ketones is 1. The minimum Gasteiger partial charge on any atom is -0.464 e. The monoisotopic (exact) mass is 285 g/mol. The molecule has 0 aromatic carbocycles. The molecular formula is C17H19NO3. The van der Waals surface area contributed by atoms with Crippen molar-refractivity contribution >= 4 is 11.8 Å². The molecule has 110 valence electrons. The highest BCUT2D eigenvalue weighted by atomic mass is 16.5. The Hall–Kier alpha value is -1.97. The van der Waals surface area contributed by atoms with Crippen molar-refractivity contribution < 1.29 is 14.3 Å². The van der Waals surface area contributed by atoms with Gasteiger partial charge in [0.25, 0.3) is 0 Å². The van der Waals surface area contributed by atoms with Crippen molar-refractivity contribution in [1.29, 1.82) is 0 Å². The Labute approximate surface area is 124 Å². The summed E-state index contributed by atoms with van der Waals surface area (Å²) in [5.74, 6) is 0.178. The Balaban J connectivity index is 1.86. The van der Waals surface area contributed by atoms with Crippen LogP contribution < -0.4 is 0 Å². The predicted molar refractivity (Wildman–Crippen MR) is 78.3 cm³/mol. The van der Waals surface area contributed by atoms with Crippen LogP contribution >= 0.6 is 0 Å². The molecule has 0 radical (unpaired) electrons. The van der Waals surface area contributed by atoms with Crippen LogP contribution in [-0.2, 0) is 11.2 Å². The minimum atomic E-state index is -0.461. The van der Waals surface area contributed by atoms with Gasteiger partial charge in [-0.2, -0.15) is 0 Å². The summed E-state index contributed by atoms with van der Waals surface area (Å²) in [5, 5.41) is 0. The maximum Gasteiger partial charge on any atom is 0.356 e. The number of carbonyl (C=O) groups excluding carboxylic acids is 2. The zero-order valence-corrected chi connectivity index (χ0v) is 12.2. The number of Topliss-reactive ketones (excluding diaryl/α,β-unsaturated/α-hetero) is 1. The number of methoxy groups -OCH3 is 1. The summed E-state index contributed by atoms with van der Waals surface area (Å²) in [6.07, 6.45) is 8.54. The van der Waals surface area contributed by atoms with Crippen molar-refractivity contribution in [2.75, 3.05) is 7.11 Å². The zero-order valence-electron chi connectivity index (χ0n) is 12.2. The molecule has 0 atom stereocenters. The van der Waals surface area contributed by atoms with Gasteiger partial charge in [0.2, 0.25) is 0 Å². The molecule has 2 aliphatic carbocycles. The van der Waals surface area contributed by atoms with Crippen LogP contribution in [0.25, 0.3) is 0 Å². The number of ether oxygens (including phenoxy) is 1. The number of allylic oxidation sites excluding steroid dienone is 2. The summed E-state index contributed by atoms with van der Waals surface area (Å²) in [7, 11) is 1.33. The molecule has 21 heavy (non-hydrogen) atoms. The first-order valence-corrected chi connectivity index (χ1v) is 7.52. The highest BCUT2D eigenvalue weighted by Gasteiger charge is 2.25. The number of carbonyl (C=O) groups is 2. The number of pyridine rings is 1. The van der Waals surface area contributed by atoms with Crippen molar-refractivity contribution in [2.45, 2.75) is 38.5 Å². The molecular weight excluding hydrogens is 266 g/mol. The summed E-state index contributed by atoms with van der Waals surface area (Å²) in [4.78, 5) is 28.3. The van der Waals surface area contributed by atoms with E-state index in [9.17, 15) is 9.59 Å². The van der Waals surface area contributed by atoms with Crippen molar-refractivity contribution in [1.82, 2.24) is 4.98 Å². The van der Waals surface area contributed by atoms with Crippen LogP contribution in [0.1, 0.15) is 58.6 Å². The summed E-state index contributed by atoms with van der Waals surface area (Å²) in [6, 6.07) is 3.28. The van der Waals surface area contributed by atoms with Crippen molar-refractivity contribution in [3.63, 3.8) is 0 Å². The van der Waals surface area contributed by atoms with Gasteiger partial charge in [-0.05, 0) is 49.3 Å². The average Bonchev–Trinajstić information content (AvgIpc) is 3.02. The second-order valence-electron chi connectivity index (χ2n) is 5.75. The van der Waals surface area contributed by atoms with Crippen LogP contribution in [0.5, 0.6) is 0 Å². The second-order valence-corrected chi connectivity index (χ2v) is 5.75. The largest absolute Gasteiger partial charge is 0.464 e. The molecule has 3 rings (SSSR count). The number of rotatable bonds is 2. The second kappa shape index (κ2) is 5.80. The maximum atomic E-state index is 12.5. The van der Waals surface area contributed by atoms with Crippen LogP contribution in [-0.4, -0.2) is 23.8 Å². The van der Waals surface area contributed by atoms with Crippen LogP contribution in [0.3, 0.4) is 0 Å².